The Morgan fingerprint density at radius 2 is 0.972 bits per heavy atom. The molecule has 0 bridgehead atoms. The first-order valence-corrected chi connectivity index (χ1v) is 13.1. The SMILES string of the molecule is C=C(C)C(=C)C.CC(C)N(BB(N(c1ccccc1)c1ccccc1)N(C(C)C)C(C)C)C(C)C.[Ti]. The van der Waals surface area contributed by atoms with Gasteiger partial charge in [-0.3, -0.25) is 0 Å². The quantitative estimate of drug-likeness (QED) is 0.224. The van der Waals surface area contributed by atoms with Crippen molar-refractivity contribution in [3.63, 3.8) is 0 Å². The molecule has 0 atom stereocenters. The zero-order valence-corrected chi connectivity index (χ0v) is 26.2. The third kappa shape index (κ3) is 10.8. The van der Waals surface area contributed by atoms with Crippen LogP contribution in [0.4, 0.5) is 11.4 Å². The predicted molar refractivity (Wildman–Crippen MR) is 162 cm³/mol. The van der Waals surface area contributed by atoms with E-state index in [1.165, 1.54) is 11.4 Å². The van der Waals surface area contributed by atoms with E-state index in [2.05, 4.69) is 144 Å². The van der Waals surface area contributed by atoms with Crippen LogP contribution in [-0.4, -0.2) is 48.0 Å². The zero-order chi connectivity index (χ0) is 26.7. The molecule has 2 rings (SSSR count). The zero-order valence-electron chi connectivity index (χ0n) is 24.6. The number of para-hydroxylation sites is 2. The van der Waals surface area contributed by atoms with E-state index in [1.807, 2.05) is 13.8 Å². The van der Waals surface area contributed by atoms with Gasteiger partial charge in [0.25, 0.3) is 0 Å². The van der Waals surface area contributed by atoms with Gasteiger partial charge in [0, 0.05) is 33.1 Å². The molecule has 0 aromatic heterocycles. The molecule has 0 N–H and O–H groups in total. The van der Waals surface area contributed by atoms with Gasteiger partial charge in [-0.2, -0.15) is 0 Å². The van der Waals surface area contributed by atoms with Crippen LogP contribution in [0.25, 0.3) is 0 Å². The summed E-state index contributed by atoms with van der Waals surface area (Å²) in [6.45, 7) is 29.9. The number of nitrogens with zero attached hydrogens (tertiary/aromatic N) is 3. The molecule has 0 aliphatic heterocycles. The van der Waals surface area contributed by atoms with Gasteiger partial charge in [0.15, 0.2) is 0 Å². The summed E-state index contributed by atoms with van der Waals surface area (Å²) in [7, 11) is 0.982. The van der Waals surface area contributed by atoms with Gasteiger partial charge in [-0.15, -0.1) is 0 Å². The minimum atomic E-state index is 0. The van der Waals surface area contributed by atoms with E-state index in [0.29, 0.717) is 24.2 Å². The standard InChI is InChI=1S/C24H39B2N3.C6H10.Ti/c1-19(2)27(20(3)4)25-26(28(21(5)6)22(7)8)29(23-15-11-9-12-16-23)24-17-13-10-14-18-24;1-5(2)6(3)4;/h9-22,25H,1-8H3;1,3H2,2,4H3;. The number of allylic oxidation sites excluding steroid dienone is 2. The van der Waals surface area contributed by atoms with Gasteiger partial charge in [0.05, 0.1) is 0 Å². The van der Waals surface area contributed by atoms with Gasteiger partial charge in [-0.05, 0) is 62.3 Å². The number of hydrogen-bond acceptors (Lipinski definition) is 3. The fourth-order valence-electron chi connectivity index (χ4n) is 4.47. The number of benzene rings is 2. The molecule has 0 radical (unpaired) electrons. The summed E-state index contributed by atoms with van der Waals surface area (Å²) in [5.41, 5.74) is 4.61. The van der Waals surface area contributed by atoms with Crippen LogP contribution in [0.1, 0.15) is 69.2 Å². The van der Waals surface area contributed by atoms with Crippen molar-refractivity contribution in [2.75, 3.05) is 4.81 Å². The van der Waals surface area contributed by atoms with Gasteiger partial charge >= 0.3 is 6.87 Å². The topological polar surface area (TPSA) is 9.72 Å². The maximum absolute atomic E-state index is 3.66. The van der Waals surface area contributed by atoms with E-state index in [1.54, 1.807) is 0 Å². The fraction of sp³-hybridized carbons (Fsp3) is 0.467. The van der Waals surface area contributed by atoms with Crippen molar-refractivity contribution in [1.29, 1.82) is 0 Å². The molecule has 0 aliphatic carbocycles. The Morgan fingerprint density at radius 1 is 0.639 bits per heavy atom. The minimum Gasteiger partial charge on any atom is -0.376 e. The Labute approximate surface area is 239 Å². The van der Waals surface area contributed by atoms with Crippen LogP contribution in [0.3, 0.4) is 0 Å². The first-order chi connectivity index (χ1) is 16.4. The molecular weight excluding hydrogens is 472 g/mol. The summed E-state index contributed by atoms with van der Waals surface area (Å²) in [6.07, 6.45) is 0. The van der Waals surface area contributed by atoms with Gasteiger partial charge in [0.2, 0.25) is 7.31 Å². The first-order valence-electron chi connectivity index (χ1n) is 13.1. The summed E-state index contributed by atoms with van der Waals surface area (Å²) >= 11 is 0. The van der Waals surface area contributed by atoms with Crippen LogP contribution in [0.5, 0.6) is 0 Å². The van der Waals surface area contributed by atoms with Crippen LogP contribution in [0, 0.1) is 0 Å². The molecule has 0 aliphatic rings. The van der Waals surface area contributed by atoms with E-state index < -0.39 is 0 Å². The summed E-state index contributed by atoms with van der Waals surface area (Å²) in [5, 5.41) is 0. The van der Waals surface area contributed by atoms with E-state index in [9.17, 15) is 0 Å². The second-order valence-electron chi connectivity index (χ2n) is 10.6. The molecular formula is C30H49B2N3Ti. The van der Waals surface area contributed by atoms with Crippen molar-refractivity contribution in [2.45, 2.75) is 93.4 Å². The van der Waals surface area contributed by atoms with Gasteiger partial charge < -0.3 is 14.4 Å². The molecule has 2 aromatic rings. The molecule has 36 heavy (non-hydrogen) atoms. The summed E-state index contributed by atoms with van der Waals surface area (Å²) in [5.74, 6) is 0. The van der Waals surface area contributed by atoms with Crippen LogP contribution in [0.2, 0.25) is 0 Å². The summed E-state index contributed by atoms with van der Waals surface area (Å²) < 4.78 is 0. The maximum Gasteiger partial charge on any atom is 0.321 e. The van der Waals surface area contributed by atoms with E-state index in [-0.39, 0.29) is 28.6 Å². The maximum atomic E-state index is 3.66. The molecule has 2 aromatic carbocycles. The molecule has 0 fully saturated rings. The van der Waals surface area contributed by atoms with Gasteiger partial charge in [-0.1, -0.05) is 116 Å². The Morgan fingerprint density at radius 3 is 1.22 bits per heavy atom. The molecule has 0 amide bonds. The number of hydrogen-bond donors (Lipinski definition) is 0. The Balaban J connectivity index is 0.00000156. The summed E-state index contributed by atoms with van der Waals surface area (Å²) in [6, 6.07) is 23.5. The minimum absolute atomic E-state index is 0. The number of rotatable bonds is 11. The van der Waals surface area contributed by atoms with Crippen LogP contribution >= 0.6 is 0 Å². The van der Waals surface area contributed by atoms with Crippen LogP contribution in [0.15, 0.2) is 85.0 Å². The second kappa shape index (κ2) is 17.1. The Bertz CT molecular complexity index is 818. The Kier molecular flexibility index (Phi) is 16.4. The second-order valence-corrected chi connectivity index (χ2v) is 10.6. The molecule has 0 saturated heterocycles. The van der Waals surface area contributed by atoms with Crippen molar-refractivity contribution in [3.05, 3.63) is 85.0 Å². The number of anilines is 2. The predicted octanol–water partition coefficient (Wildman–Crippen LogP) is 7.53. The average molecular weight is 521 g/mol. The van der Waals surface area contributed by atoms with Gasteiger partial charge in [-0.25, -0.2) is 0 Å². The van der Waals surface area contributed by atoms with Crippen molar-refractivity contribution < 1.29 is 21.7 Å². The normalized spacial score (nSPS) is 10.9. The van der Waals surface area contributed by atoms with Gasteiger partial charge in [0.1, 0.15) is 0 Å². The van der Waals surface area contributed by atoms with E-state index in [0.717, 1.165) is 18.5 Å². The third-order valence-corrected chi connectivity index (χ3v) is 6.33. The summed E-state index contributed by atoms with van der Waals surface area (Å²) in [4.78, 5) is 7.79. The molecule has 6 heteroatoms. The van der Waals surface area contributed by atoms with Crippen molar-refractivity contribution >= 4 is 25.6 Å². The fourth-order valence-corrected chi connectivity index (χ4v) is 4.47. The van der Waals surface area contributed by atoms with Crippen LogP contribution < -0.4 is 4.81 Å². The molecule has 194 valence electrons. The first kappa shape index (κ1) is 34.5. The molecule has 0 unspecified atom stereocenters. The Hall–Kier alpha value is -1.52. The smallest absolute Gasteiger partial charge is 0.321 e. The third-order valence-electron chi connectivity index (χ3n) is 6.33. The van der Waals surface area contributed by atoms with Crippen molar-refractivity contribution in [1.82, 2.24) is 9.62 Å². The monoisotopic (exact) mass is 521 g/mol. The molecule has 0 spiro atoms. The average Bonchev–Trinajstić information content (AvgIpc) is 2.78. The largest absolute Gasteiger partial charge is 0.376 e. The van der Waals surface area contributed by atoms with Crippen molar-refractivity contribution in [2.24, 2.45) is 0 Å². The van der Waals surface area contributed by atoms with Crippen LogP contribution in [-0.2, 0) is 21.7 Å². The molecule has 0 saturated carbocycles. The molecule has 0 heterocycles. The van der Waals surface area contributed by atoms with E-state index >= 15 is 0 Å². The van der Waals surface area contributed by atoms with E-state index in [4.69, 9.17) is 0 Å². The molecule has 3 nitrogen and oxygen atoms in total. The van der Waals surface area contributed by atoms with Crippen molar-refractivity contribution in [3.8, 4) is 0 Å².